The number of nitrogens with zero attached hydrogens (tertiary/aromatic N) is 1. The average molecular weight is 643 g/mol. The second-order valence-corrected chi connectivity index (χ2v) is 10.4. The van der Waals surface area contributed by atoms with Crippen molar-refractivity contribution < 1.29 is 38.2 Å². The molecule has 2 aromatic carbocycles. The predicted molar refractivity (Wildman–Crippen MR) is 177 cm³/mol. The SMILES string of the molecule is C.CCOC(=O)C1=C(N)OC2=C(C(=O)CCC2)C1c1ccccc1.O=C1CCCC(=O)C1.[C-]#[N+]/C(=C\c1ccccc1)C(=O)OCC. The maximum atomic E-state index is 12.5. The molecule has 10 nitrogen and oxygen atoms in total. The maximum Gasteiger partial charge on any atom is 0.340 e. The van der Waals surface area contributed by atoms with Crippen LogP contribution in [0.1, 0.15) is 83.3 Å². The molecule has 3 aliphatic rings. The highest BCUT2D eigenvalue weighted by Crippen LogP contribution is 2.43. The van der Waals surface area contributed by atoms with Crippen LogP contribution in [-0.4, -0.2) is 42.5 Å². The zero-order chi connectivity index (χ0) is 33.5. The van der Waals surface area contributed by atoms with Gasteiger partial charge in [0.15, 0.2) is 5.78 Å². The molecule has 0 saturated heterocycles. The predicted octanol–water partition coefficient (Wildman–Crippen LogP) is 6.39. The molecule has 1 aliphatic heterocycles. The lowest BCUT2D eigenvalue weighted by Gasteiger charge is -2.32. The summed E-state index contributed by atoms with van der Waals surface area (Å²) in [6.07, 6.45) is 5.57. The second kappa shape index (κ2) is 19.3. The van der Waals surface area contributed by atoms with Gasteiger partial charge in [0.25, 0.3) is 5.70 Å². The number of carbonyl (C=O) groups is 5. The largest absolute Gasteiger partial charge is 0.471 e. The van der Waals surface area contributed by atoms with E-state index in [0.29, 0.717) is 37.0 Å². The van der Waals surface area contributed by atoms with E-state index in [0.717, 1.165) is 24.0 Å². The topological polar surface area (TPSA) is 143 Å². The molecule has 5 rings (SSSR count). The van der Waals surface area contributed by atoms with Gasteiger partial charge in [-0.05, 0) is 43.9 Å². The third-order valence-electron chi connectivity index (χ3n) is 7.13. The summed E-state index contributed by atoms with van der Waals surface area (Å²) in [6, 6.07) is 18.6. The van der Waals surface area contributed by atoms with Crippen molar-refractivity contribution in [2.24, 2.45) is 5.73 Å². The number of rotatable bonds is 6. The van der Waals surface area contributed by atoms with Gasteiger partial charge in [0, 0.05) is 31.3 Å². The number of ketones is 3. The molecular weight excluding hydrogens is 600 g/mol. The highest BCUT2D eigenvalue weighted by Gasteiger charge is 2.41. The minimum absolute atomic E-state index is 0. The number of allylic oxidation sites excluding steroid dienone is 2. The molecule has 1 fully saturated rings. The Morgan fingerprint density at radius 2 is 1.47 bits per heavy atom. The highest BCUT2D eigenvalue weighted by atomic mass is 16.5. The Hall–Kier alpha value is -5.30. The molecule has 1 atom stereocenters. The number of benzene rings is 2. The van der Waals surface area contributed by atoms with Crippen LogP contribution in [0, 0.1) is 6.57 Å². The zero-order valence-electron chi connectivity index (χ0n) is 26.1. The summed E-state index contributed by atoms with van der Waals surface area (Å²) in [5, 5.41) is 0. The van der Waals surface area contributed by atoms with Gasteiger partial charge in [0.1, 0.15) is 22.9 Å². The van der Waals surface area contributed by atoms with Crippen molar-refractivity contribution in [1.29, 1.82) is 0 Å². The van der Waals surface area contributed by atoms with Crippen LogP contribution >= 0.6 is 0 Å². The molecule has 1 unspecified atom stereocenters. The summed E-state index contributed by atoms with van der Waals surface area (Å²) in [6.45, 7) is 10.8. The van der Waals surface area contributed by atoms with Gasteiger partial charge >= 0.3 is 11.9 Å². The summed E-state index contributed by atoms with van der Waals surface area (Å²) in [5.74, 6) is -0.782. The summed E-state index contributed by atoms with van der Waals surface area (Å²) in [4.78, 5) is 60.2. The van der Waals surface area contributed by atoms with Crippen LogP contribution in [0.5, 0.6) is 0 Å². The zero-order valence-corrected chi connectivity index (χ0v) is 26.1. The second-order valence-electron chi connectivity index (χ2n) is 10.4. The Morgan fingerprint density at radius 1 is 0.894 bits per heavy atom. The van der Waals surface area contributed by atoms with Crippen molar-refractivity contribution in [3.63, 3.8) is 0 Å². The number of ether oxygens (including phenoxy) is 3. The summed E-state index contributed by atoms with van der Waals surface area (Å²) in [5.41, 5.74) is 8.41. The van der Waals surface area contributed by atoms with Gasteiger partial charge in [0.05, 0.1) is 32.1 Å². The lowest BCUT2D eigenvalue weighted by molar-refractivity contribution is -0.139. The van der Waals surface area contributed by atoms with Crippen molar-refractivity contribution in [2.45, 2.75) is 72.1 Å². The summed E-state index contributed by atoms with van der Waals surface area (Å²) < 4.78 is 15.5. The van der Waals surface area contributed by atoms with Crippen LogP contribution in [0.4, 0.5) is 0 Å². The van der Waals surface area contributed by atoms with Crippen molar-refractivity contribution in [2.75, 3.05) is 13.2 Å². The Bertz CT molecular complexity index is 1550. The van der Waals surface area contributed by atoms with E-state index < -0.39 is 17.9 Å². The van der Waals surface area contributed by atoms with Gasteiger partial charge in [-0.25, -0.2) is 9.64 Å². The van der Waals surface area contributed by atoms with Crippen molar-refractivity contribution in [3.05, 3.63) is 112 Å². The number of carbonyl (C=O) groups excluding carboxylic acids is 5. The molecule has 248 valence electrons. The van der Waals surface area contributed by atoms with E-state index in [1.165, 1.54) is 6.08 Å². The van der Waals surface area contributed by atoms with Crippen molar-refractivity contribution in [3.8, 4) is 0 Å². The smallest absolute Gasteiger partial charge is 0.340 e. The van der Waals surface area contributed by atoms with Gasteiger partial charge in [-0.15, -0.1) is 0 Å². The van der Waals surface area contributed by atoms with E-state index in [1.807, 2.05) is 60.7 Å². The fourth-order valence-corrected chi connectivity index (χ4v) is 5.07. The molecule has 0 bridgehead atoms. The van der Waals surface area contributed by atoms with E-state index in [2.05, 4.69) is 4.85 Å². The Kier molecular flexibility index (Phi) is 15.5. The first-order valence-corrected chi connectivity index (χ1v) is 15.2. The molecule has 47 heavy (non-hydrogen) atoms. The number of nitrogens with two attached hydrogens (primary N) is 1. The standard InChI is InChI=1S/C18H19NO4.C12H11NO2.C6H8O2.CH4/c1-2-22-18(21)16-14(11-7-4-3-5-8-11)15-12(20)9-6-10-13(15)23-17(16)19;1-3-15-12(14)11(13-2)9-10-7-5-4-6-8-10;7-5-2-1-3-6(8)4-5;/h3-5,7-8,14H,2,6,9-10,19H2,1H3;4-9H,3H2,1H3;1-4H2;1H4/b;11-9-;;. The number of Topliss-reactive ketones (excluding diaryl/α,β-unsaturated/α-hetero) is 3. The molecule has 0 spiro atoms. The molecular formula is C37H42N2O8. The average Bonchev–Trinajstić information content (AvgIpc) is 3.04. The van der Waals surface area contributed by atoms with Crippen LogP contribution < -0.4 is 5.73 Å². The van der Waals surface area contributed by atoms with Crippen LogP contribution in [0.25, 0.3) is 10.9 Å². The van der Waals surface area contributed by atoms with Gasteiger partial charge in [-0.3, -0.25) is 19.2 Å². The van der Waals surface area contributed by atoms with E-state index in [9.17, 15) is 24.0 Å². The van der Waals surface area contributed by atoms with Gasteiger partial charge in [-0.1, -0.05) is 68.1 Å². The van der Waals surface area contributed by atoms with E-state index in [1.54, 1.807) is 13.8 Å². The first-order valence-electron chi connectivity index (χ1n) is 15.2. The molecule has 2 N–H and O–H groups in total. The number of hydrogen-bond donors (Lipinski definition) is 1. The molecule has 0 aromatic heterocycles. The number of hydrogen-bond acceptors (Lipinski definition) is 9. The molecule has 1 saturated carbocycles. The highest BCUT2D eigenvalue weighted by molar-refractivity contribution is 6.03. The first kappa shape index (κ1) is 37.9. The molecule has 2 aliphatic carbocycles. The third-order valence-corrected chi connectivity index (χ3v) is 7.13. The Balaban J connectivity index is 0.000000274. The third kappa shape index (κ3) is 10.9. The minimum atomic E-state index is -0.573. The molecule has 0 amide bonds. The van der Waals surface area contributed by atoms with E-state index in [4.69, 9.17) is 26.5 Å². The quantitative estimate of drug-likeness (QED) is 0.164. The van der Waals surface area contributed by atoms with Crippen LogP contribution in [0.2, 0.25) is 0 Å². The lowest BCUT2D eigenvalue weighted by atomic mass is 9.77. The minimum Gasteiger partial charge on any atom is -0.471 e. The van der Waals surface area contributed by atoms with Crippen LogP contribution in [0.15, 0.2) is 89.1 Å². The molecule has 0 radical (unpaired) electrons. The molecule has 2 aromatic rings. The van der Waals surface area contributed by atoms with Gasteiger partial charge in [0.2, 0.25) is 5.88 Å². The fourth-order valence-electron chi connectivity index (χ4n) is 5.07. The van der Waals surface area contributed by atoms with Gasteiger partial charge < -0.3 is 19.9 Å². The van der Waals surface area contributed by atoms with Crippen molar-refractivity contribution >= 4 is 35.4 Å². The van der Waals surface area contributed by atoms with E-state index >= 15 is 0 Å². The van der Waals surface area contributed by atoms with Crippen molar-refractivity contribution in [1.82, 2.24) is 0 Å². The van der Waals surface area contributed by atoms with Gasteiger partial charge in [-0.2, -0.15) is 0 Å². The normalized spacial score (nSPS) is 17.3. The van der Waals surface area contributed by atoms with Crippen LogP contribution in [-0.2, 0) is 38.2 Å². The molecule has 1 heterocycles. The molecule has 10 heteroatoms. The fraction of sp³-hybridized carbons (Fsp3) is 0.351. The summed E-state index contributed by atoms with van der Waals surface area (Å²) >= 11 is 0. The van der Waals surface area contributed by atoms with Crippen LogP contribution in [0.3, 0.4) is 0 Å². The monoisotopic (exact) mass is 642 g/mol. The van der Waals surface area contributed by atoms with E-state index in [-0.39, 0.29) is 61.6 Å². The lowest BCUT2D eigenvalue weighted by Crippen LogP contribution is -2.31. The number of esters is 2. The Labute approximate surface area is 276 Å². The Morgan fingerprint density at radius 3 is 2.00 bits per heavy atom. The maximum absolute atomic E-state index is 12.5. The summed E-state index contributed by atoms with van der Waals surface area (Å²) in [7, 11) is 0. The first-order chi connectivity index (χ1) is 22.2.